The number of hydrogen-bond acceptors (Lipinski definition) is 8. The number of hydrogen-bond donors (Lipinski definition) is 1. The van der Waals surface area contributed by atoms with Crippen molar-refractivity contribution in [3.05, 3.63) is 144 Å². The molecule has 0 radical (unpaired) electrons. The number of aliphatic hydroxyl groups excluding tert-OH is 1. The molecule has 0 amide bonds. The summed E-state index contributed by atoms with van der Waals surface area (Å²) in [6.07, 6.45) is -3.34. The van der Waals surface area contributed by atoms with E-state index in [0.717, 1.165) is 22.3 Å². The zero-order chi connectivity index (χ0) is 35.9. The lowest BCUT2D eigenvalue weighted by molar-refractivity contribution is -0.243. The molecule has 1 heterocycles. The highest BCUT2D eigenvalue weighted by Crippen LogP contribution is 2.33. The molecule has 1 fully saturated rings. The average Bonchev–Trinajstić information content (AvgIpc) is 3.14. The quantitative estimate of drug-likeness (QED) is 0.0963. The summed E-state index contributed by atoms with van der Waals surface area (Å²) >= 11 is 0. The third-order valence-electron chi connectivity index (χ3n) is 8.82. The van der Waals surface area contributed by atoms with E-state index >= 15 is 0 Å². The van der Waals surface area contributed by atoms with Crippen LogP contribution in [0.3, 0.4) is 0 Å². The lowest BCUT2D eigenvalue weighted by Gasteiger charge is -2.47. The van der Waals surface area contributed by atoms with Crippen LogP contribution in [-0.4, -0.2) is 81.4 Å². The van der Waals surface area contributed by atoms with Crippen LogP contribution in [0.1, 0.15) is 29.2 Å². The Morgan fingerprint density at radius 2 is 1.04 bits per heavy atom. The van der Waals surface area contributed by atoms with Crippen molar-refractivity contribution >= 4 is 8.32 Å². The van der Waals surface area contributed by atoms with E-state index < -0.39 is 38.5 Å². The molecule has 9 heteroatoms. The molecule has 5 atom stereocenters. The first-order valence-electron chi connectivity index (χ1n) is 18.0. The van der Waals surface area contributed by atoms with Gasteiger partial charge in [0.2, 0.25) is 0 Å². The van der Waals surface area contributed by atoms with E-state index in [1.165, 1.54) is 0 Å². The summed E-state index contributed by atoms with van der Waals surface area (Å²) in [5.41, 5.74) is 3.08. The van der Waals surface area contributed by atoms with Crippen LogP contribution in [0.15, 0.2) is 121 Å². The van der Waals surface area contributed by atoms with Crippen molar-refractivity contribution in [3.63, 3.8) is 0 Å². The number of rotatable bonds is 20. The molecule has 8 nitrogen and oxygen atoms in total. The van der Waals surface area contributed by atoms with Crippen LogP contribution >= 0.6 is 0 Å². The Morgan fingerprint density at radius 1 is 0.627 bits per heavy atom. The van der Waals surface area contributed by atoms with Gasteiger partial charge in [-0.05, 0) is 48.8 Å². The van der Waals surface area contributed by atoms with Gasteiger partial charge in [0.1, 0.15) is 30.1 Å². The second-order valence-electron chi connectivity index (χ2n) is 14.3. The van der Waals surface area contributed by atoms with Crippen molar-refractivity contribution in [2.75, 3.05) is 32.9 Å². The highest BCUT2D eigenvalue weighted by Gasteiger charge is 2.50. The summed E-state index contributed by atoms with van der Waals surface area (Å²) in [6, 6.07) is 40.3. The summed E-state index contributed by atoms with van der Waals surface area (Å²) in [4.78, 5) is 2.01. The molecule has 0 bridgehead atoms. The van der Waals surface area contributed by atoms with Crippen LogP contribution < -0.4 is 0 Å². The van der Waals surface area contributed by atoms with Gasteiger partial charge in [-0.3, -0.25) is 4.90 Å². The molecule has 0 spiro atoms. The van der Waals surface area contributed by atoms with Gasteiger partial charge in [0.15, 0.2) is 8.32 Å². The molecule has 51 heavy (non-hydrogen) atoms. The molecule has 1 aliphatic rings. The molecular weight excluding hydrogens is 659 g/mol. The van der Waals surface area contributed by atoms with E-state index in [4.69, 9.17) is 28.1 Å². The van der Waals surface area contributed by atoms with Crippen molar-refractivity contribution < 1.29 is 33.2 Å². The first-order chi connectivity index (χ1) is 24.7. The van der Waals surface area contributed by atoms with Gasteiger partial charge in [0.25, 0.3) is 0 Å². The van der Waals surface area contributed by atoms with E-state index in [1.54, 1.807) is 0 Å². The van der Waals surface area contributed by atoms with Crippen LogP contribution in [0.5, 0.6) is 0 Å². The number of benzene rings is 4. The molecule has 274 valence electrons. The molecule has 4 aromatic carbocycles. The van der Waals surface area contributed by atoms with E-state index in [2.05, 4.69) is 38.7 Å². The lowest BCUT2D eigenvalue weighted by atomic mass is 9.90. The van der Waals surface area contributed by atoms with Crippen LogP contribution in [0.25, 0.3) is 0 Å². The smallest absolute Gasteiger partial charge is 0.184 e. The molecule has 0 aromatic heterocycles. The first-order valence-corrected chi connectivity index (χ1v) is 21.4. The average molecular weight is 714 g/mol. The molecule has 0 aliphatic carbocycles. The van der Waals surface area contributed by atoms with Crippen LogP contribution in [-0.2, 0) is 54.5 Å². The fraction of sp³-hybridized carbons (Fsp3) is 0.429. The summed E-state index contributed by atoms with van der Waals surface area (Å²) in [6.45, 7) is 12.3. The van der Waals surface area contributed by atoms with Gasteiger partial charge in [0.05, 0.1) is 46.2 Å². The maximum atomic E-state index is 12.3. The number of ether oxygens (including phenoxy) is 5. The molecule has 5 rings (SSSR count). The van der Waals surface area contributed by atoms with E-state index in [0.29, 0.717) is 39.5 Å². The summed E-state index contributed by atoms with van der Waals surface area (Å²) in [5, 5.41) is 12.3. The van der Waals surface area contributed by atoms with Crippen molar-refractivity contribution in [2.45, 2.75) is 83.1 Å². The van der Waals surface area contributed by atoms with Gasteiger partial charge in [-0.25, -0.2) is 0 Å². The second kappa shape index (κ2) is 19.6. The monoisotopic (exact) mass is 713 g/mol. The van der Waals surface area contributed by atoms with Crippen molar-refractivity contribution in [2.24, 2.45) is 0 Å². The fourth-order valence-corrected chi connectivity index (χ4v) is 8.06. The normalized spacial score (nSPS) is 17.7. The fourth-order valence-electron chi connectivity index (χ4n) is 6.48. The Kier molecular flexibility index (Phi) is 15.0. The maximum Gasteiger partial charge on any atom is 0.184 e. The van der Waals surface area contributed by atoms with Gasteiger partial charge in [-0.1, -0.05) is 121 Å². The van der Waals surface area contributed by atoms with Crippen LogP contribution in [0.2, 0.25) is 19.6 Å². The van der Waals surface area contributed by atoms with Crippen molar-refractivity contribution in [1.29, 1.82) is 0 Å². The van der Waals surface area contributed by atoms with E-state index in [-0.39, 0.29) is 19.8 Å². The van der Waals surface area contributed by atoms with Gasteiger partial charge in [0, 0.05) is 13.1 Å². The largest absolute Gasteiger partial charge is 0.407 e. The summed E-state index contributed by atoms with van der Waals surface area (Å²) in [7, 11) is -2.24. The van der Waals surface area contributed by atoms with Gasteiger partial charge in [-0.2, -0.15) is 0 Å². The molecule has 4 aromatic rings. The SMILES string of the molecule is CC(COCc1ccccc1)(O[Si](C)(C)C)[C@@H](OCc1ccccc1)[C@H](OCc1ccccc1)[C@@H](OCc1ccccc1)C(O)N1CCOCC1. The second-order valence-corrected chi connectivity index (χ2v) is 18.7. The zero-order valence-electron chi connectivity index (χ0n) is 30.6. The Bertz CT molecular complexity index is 1520. The van der Waals surface area contributed by atoms with Gasteiger partial charge >= 0.3 is 0 Å². The minimum absolute atomic E-state index is 0.232. The minimum atomic E-state index is -2.24. The molecule has 2 unspecified atom stereocenters. The third-order valence-corrected chi connectivity index (χ3v) is 9.90. The predicted molar refractivity (Wildman–Crippen MR) is 202 cm³/mol. The summed E-state index contributed by atoms with van der Waals surface area (Å²) < 4.78 is 40.1. The number of morpholine rings is 1. The first kappa shape index (κ1) is 39.0. The Hall–Kier alpha value is -3.22. The third kappa shape index (κ3) is 12.5. The van der Waals surface area contributed by atoms with Crippen molar-refractivity contribution in [3.8, 4) is 0 Å². The van der Waals surface area contributed by atoms with Crippen molar-refractivity contribution in [1.82, 2.24) is 4.90 Å². The number of nitrogens with zero attached hydrogens (tertiary/aromatic N) is 1. The molecule has 1 saturated heterocycles. The molecule has 0 saturated carbocycles. The molecule has 1 aliphatic heterocycles. The zero-order valence-corrected chi connectivity index (χ0v) is 31.6. The Morgan fingerprint density at radius 3 is 1.49 bits per heavy atom. The van der Waals surface area contributed by atoms with Gasteiger partial charge < -0.3 is 33.2 Å². The highest BCUT2D eigenvalue weighted by atomic mass is 28.4. The predicted octanol–water partition coefficient (Wildman–Crippen LogP) is 7.22. The maximum absolute atomic E-state index is 12.3. The van der Waals surface area contributed by atoms with Gasteiger partial charge in [-0.15, -0.1) is 0 Å². The highest BCUT2D eigenvalue weighted by molar-refractivity contribution is 6.69. The lowest BCUT2D eigenvalue weighted by Crippen LogP contribution is -2.64. The molecule has 1 N–H and O–H groups in total. The standard InChI is InChI=1S/C42H55NO7Si/c1-42(50-51(2,3)4,33-46-29-34-17-9-5-10-18-34)40(49-32-37-23-15-8-16-24-37)38(47-30-35-19-11-6-12-20-35)39(41(44)43-25-27-45-28-26-43)48-31-36-21-13-7-14-22-36/h5-24,38-41,44H,25-33H2,1-4H3/t38-,39-,40+,41?,42?/m1/s1. The Balaban J connectivity index is 1.57. The molecular formula is C42H55NO7Si. The Labute approximate surface area is 305 Å². The van der Waals surface area contributed by atoms with Crippen LogP contribution in [0, 0.1) is 0 Å². The van der Waals surface area contributed by atoms with Crippen LogP contribution in [0.4, 0.5) is 0 Å². The minimum Gasteiger partial charge on any atom is -0.407 e. The topological polar surface area (TPSA) is 78.9 Å². The summed E-state index contributed by atoms with van der Waals surface area (Å²) in [5.74, 6) is 0. The number of aliphatic hydroxyl groups is 1. The van der Waals surface area contributed by atoms with E-state index in [9.17, 15) is 5.11 Å². The van der Waals surface area contributed by atoms with E-state index in [1.807, 2.05) is 114 Å².